The van der Waals surface area contributed by atoms with Gasteiger partial charge in [0.15, 0.2) is 0 Å². The van der Waals surface area contributed by atoms with E-state index in [0.29, 0.717) is 0 Å². The van der Waals surface area contributed by atoms with Gasteiger partial charge in [-0.2, -0.15) is 42.0 Å². The van der Waals surface area contributed by atoms with Gasteiger partial charge in [0.2, 0.25) is 0 Å². The average Bonchev–Trinajstić information content (AvgIpc) is 3.18. The van der Waals surface area contributed by atoms with Crippen molar-refractivity contribution in [2.24, 2.45) is 0 Å². The quantitative estimate of drug-likeness (QED) is 0.267. The third-order valence-electron chi connectivity index (χ3n) is 5.29. The molecule has 0 radical (unpaired) electrons. The molecule has 0 heterocycles. The third kappa shape index (κ3) is 6.79. The number of benzene rings is 2. The van der Waals surface area contributed by atoms with Gasteiger partial charge in [-0.25, -0.2) is 11.6 Å². The molecule has 3 aromatic rings. The molecule has 30 heavy (non-hydrogen) atoms. The number of halogens is 2. The summed E-state index contributed by atoms with van der Waals surface area (Å²) in [7, 11) is 0. The predicted octanol–water partition coefficient (Wildman–Crippen LogP) is 1.37. The maximum Gasteiger partial charge on any atom is 4.00 e. The first kappa shape index (κ1) is 29.1. The number of aryl methyl sites for hydroxylation is 1. The Bertz CT molecular complexity index is 865. The fraction of sp³-hybridized carbons (Fsp3) is 0.370. The normalized spacial score (nSPS) is 11.6. The van der Waals surface area contributed by atoms with Crippen LogP contribution in [0.15, 0.2) is 54.6 Å². The van der Waals surface area contributed by atoms with E-state index >= 15 is 0 Å². The average molecular weight is 475 g/mol. The van der Waals surface area contributed by atoms with Crippen molar-refractivity contribution in [3.05, 3.63) is 88.5 Å². The summed E-state index contributed by atoms with van der Waals surface area (Å²) < 4.78 is 0. The summed E-state index contributed by atoms with van der Waals surface area (Å²) in [6.07, 6.45) is 1.03. The van der Waals surface area contributed by atoms with E-state index in [0.717, 1.165) is 6.42 Å². The number of rotatable bonds is 0. The molecule has 0 aliphatic heterocycles. The second kappa shape index (κ2) is 11.1. The molecule has 0 N–H and O–H groups in total. The van der Waals surface area contributed by atoms with E-state index in [1.54, 1.807) is 0 Å². The molecule has 0 aromatic heterocycles. The molecule has 1 aliphatic rings. The maximum atomic E-state index is 3.67. The molecule has 0 atom stereocenters. The van der Waals surface area contributed by atoms with Crippen LogP contribution in [0.1, 0.15) is 69.4 Å². The van der Waals surface area contributed by atoms with Crippen molar-refractivity contribution >= 4 is 0 Å². The smallest absolute Gasteiger partial charge is 1.00 e. The fourth-order valence-corrected chi connectivity index (χ4v) is 3.50. The van der Waals surface area contributed by atoms with Gasteiger partial charge in [-0.05, 0) is 28.4 Å². The van der Waals surface area contributed by atoms with Gasteiger partial charge in [0.05, 0.1) is 0 Å². The largest absolute Gasteiger partial charge is 4.00 e. The number of fused-ring (bicyclic) bond motifs is 3. The SMILES string of the molecule is CC(C)(C)c1[c-]c2c(cc1)-c1ccc(C(C)(C)C)cc1C2.Cc1cc[cH-]c1.[Cl-].[Cl-].[Ti+4]. The summed E-state index contributed by atoms with van der Waals surface area (Å²) in [6, 6.07) is 23.4. The number of hydrogen-bond donors (Lipinski definition) is 0. The third-order valence-corrected chi connectivity index (χ3v) is 5.29. The van der Waals surface area contributed by atoms with E-state index in [4.69, 9.17) is 0 Å². The fourth-order valence-electron chi connectivity index (χ4n) is 3.50. The van der Waals surface area contributed by atoms with Gasteiger partial charge in [0.25, 0.3) is 0 Å². The van der Waals surface area contributed by atoms with E-state index in [9.17, 15) is 0 Å². The molecule has 0 saturated carbocycles. The first-order valence-corrected chi connectivity index (χ1v) is 9.93. The van der Waals surface area contributed by atoms with Gasteiger partial charge in [0.1, 0.15) is 0 Å². The molecule has 0 nitrogen and oxygen atoms in total. The molecule has 158 valence electrons. The van der Waals surface area contributed by atoms with Crippen molar-refractivity contribution in [2.45, 2.75) is 65.7 Å². The first-order valence-electron chi connectivity index (χ1n) is 9.93. The van der Waals surface area contributed by atoms with Crippen molar-refractivity contribution in [2.75, 3.05) is 0 Å². The molecule has 0 bridgehead atoms. The Balaban J connectivity index is 0.000000814. The van der Waals surface area contributed by atoms with Crippen LogP contribution in [0.2, 0.25) is 0 Å². The van der Waals surface area contributed by atoms with E-state index in [2.05, 4.69) is 97.0 Å². The molecule has 0 amide bonds. The Labute approximate surface area is 210 Å². The van der Waals surface area contributed by atoms with Gasteiger partial charge in [-0.1, -0.05) is 72.2 Å². The van der Waals surface area contributed by atoms with Crippen molar-refractivity contribution in [1.29, 1.82) is 0 Å². The van der Waals surface area contributed by atoms with Crippen molar-refractivity contribution < 1.29 is 46.5 Å². The van der Waals surface area contributed by atoms with Crippen LogP contribution in [0.4, 0.5) is 0 Å². The van der Waals surface area contributed by atoms with Crippen LogP contribution in [-0.4, -0.2) is 0 Å². The molecule has 3 aromatic carbocycles. The van der Waals surface area contributed by atoms with Crippen LogP contribution < -0.4 is 24.8 Å². The van der Waals surface area contributed by atoms with Gasteiger partial charge in [0, 0.05) is 0 Å². The zero-order valence-corrected chi connectivity index (χ0v) is 22.2. The zero-order chi connectivity index (χ0) is 19.8. The van der Waals surface area contributed by atoms with Crippen LogP contribution in [-0.2, 0) is 39.0 Å². The van der Waals surface area contributed by atoms with Crippen LogP contribution in [0, 0.1) is 13.0 Å². The Morgan fingerprint density at radius 3 is 1.93 bits per heavy atom. The van der Waals surface area contributed by atoms with Crippen molar-refractivity contribution in [1.82, 2.24) is 0 Å². The molecular formula is C27H32Cl2Ti. The van der Waals surface area contributed by atoms with Crippen molar-refractivity contribution in [3.8, 4) is 11.1 Å². The first-order chi connectivity index (χ1) is 12.6. The minimum atomic E-state index is 0. The van der Waals surface area contributed by atoms with Crippen molar-refractivity contribution in [3.63, 3.8) is 0 Å². The minimum absolute atomic E-state index is 0. The van der Waals surface area contributed by atoms with Crippen LogP contribution in [0.25, 0.3) is 11.1 Å². The summed E-state index contributed by atoms with van der Waals surface area (Å²) in [5.41, 5.74) is 10.0. The standard InChI is InChI=1S/C21H25.C6H7.2ClH.Ti/c1-20(2,3)16-7-9-18-14(12-16)11-15-13-17(21(4,5)6)8-10-19(15)18;1-6-4-2-3-5-6;;;/h7-10,12H,11H2,1-6H3;2-5H,1H3;2*1H;/q2*-1;;;+4/p-2. The predicted molar refractivity (Wildman–Crippen MR) is 118 cm³/mol. The molecule has 4 rings (SSSR count). The molecule has 3 heteroatoms. The molecule has 0 fully saturated rings. The summed E-state index contributed by atoms with van der Waals surface area (Å²) in [5, 5.41) is 0. The van der Waals surface area contributed by atoms with Gasteiger partial charge < -0.3 is 24.8 Å². The van der Waals surface area contributed by atoms with Gasteiger partial charge in [-0.3, -0.25) is 0 Å². The summed E-state index contributed by atoms with van der Waals surface area (Å²) >= 11 is 0. The van der Waals surface area contributed by atoms with E-state index in [1.165, 1.54) is 38.9 Å². The Hall–Kier alpha value is -0.916. The molecule has 0 spiro atoms. The maximum absolute atomic E-state index is 3.67. The van der Waals surface area contributed by atoms with Gasteiger partial charge >= 0.3 is 21.7 Å². The number of hydrogen-bond acceptors (Lipinski definition) is 0. The molecule has 0 unspecified atom stereocenters. The van der Waals surface area contributed by atoms with E-state index < -0.39 is 0 Å². The Morgan fingerprint density at radius 2 is 1.47 bits per heavy atom. The molecule has 1 aliphatic carbocycles. The summed E-state index contributed by atoms with van der Waals surface area (Å²) in [4.78, 5) is 0. The monoisotopic (exact) mass is 474 g/mol. The summed E-state index contributed by atoms with van der Waals surface area (Å²) in [5.74, 6) is 0. The van der Waals surface area contributed by atoms with E-state index in [1.807, 2.05) is 12.1 Å². The summed E-state index contributed by atoms with van der Waals surface area (Å²) in [6.45, 7) is 15.7. The minimum Gasteiger partial charge on any atom is -1.00 e. The molecule has 0 saturated heterocycles. The van der Waals surface area contributed by atoms with Crippen LogP contribution in [0.5, 0.6) is 0 Å². The van der Waals surface area contributed by atoms with Crippen LogP contribution >= 0.6 is 0 Å². The van der Waals surface area contributed by atoms with Crippen LogP contribution in [0.3, 0.4) is 0 Å². The zero-order valence-electron chi connectivity index (χ0n) is 19.2. The van der Waals surface area contributed by atoms with E-state index in [-0.39, 0.29) is 57.4 Å². The molecular weight excluding hydrogens is 443 g/mol. The topological polar surface area (TPSA) is 0 Å². The Morgan fingerprint density at radius 1 is 0.833 bits per heavy atom. The Kier molecular flexibility index (Phi) is 10.8. The van der Waals surface area contributed by atoms with Gasteiger partial charge in [-0.15, -0.1) is 11.1 Å². The second-order valence-corrected chi connectivity index (χ2v) is 9.78. The second-order valence-electron chi connectivity index (χ2n) is 9.78.